The normalized spacial score (nSPS) is 31.6. The highest BCUT2D eigenvalue weighted by Crippen LogP contribution is 2.22. The number of guanidine groups is 1. The highest BCUT2D eigenvalue weighted by atomic mass is 16.5. The number of fused-ring (bicyclic) bond motifs is 1. The van der Waals surface area contributed by atoms with Gasteiger partial charge in [0.25, 0.3) is 0 Å². The second-order valence-electron chi connectivity index (χ2n) is 6.14. The molecule has 2 atom stereocenters. The Kier molecular flexibility index (Phi) is 4.78. The number of nitrogens with one attached hydrogen (secondary N) is 1. The largest absolute Gasteiger partial charge is 0.373 e. The van der Waals surface area contributed by atoms with Crippen molar-refractivity contribution in [1.82, 2.24) is 15.1 Å². The molecule has 3 fully saturated rings. The molecule has 3 rings (SSSR count). The van der Waals surface area contributed by atoms with Gasteiger partial charge < -0.3 is 15.0 Å². The summed E-state index contributed by atoms with van der Waals surface area (Å²) in [7, 11) is 0. The number of ether oxygens (including phenoxy) is 1. The average molecular weight is 280 g/mol. The average Bonchev–Trinajstić information content (AvgIpc) is 3.13. The summed E-state index contributed by atoms with van der Waals surface area (Å²) in [5.74, 6) is 1.08. The van der Waals surface area contributed by atoms with E-state index in [0.717, 1.165) is 45.3 Å². The van der Waals surface area contributed by atoms with Gasteiger partial charge in [-0.1, -0.05) is 0 Å². The van der Waals surface area contributed by atoms with Crippen molar-refractivity contribution < 1.29 is 4.74 Å². The Bertz CT molecular complexity index is 341. The van der Waals surface area contributed by atoms with Gasteiger partial charge in [0.05, 0.1) is 19.3 Å². The molecule has 3 aliphatic heterocycles. The summed E-state index contributed by atoms with van der Waals surface area (Å²) in [4.78, 5) is 9.78. The van der Waals surface area contributed by atoms with Crippen LogP contribution >= 0.6 is 0 Å². The molecule has 1 N–H and O–H groups in total. The van der Waals surface area contributed by atoms with E-state index in [-0.39, 0.29) is 6.10 Å². The molecule has 5 heteroatoms. The molecule has 0 radical (unpaired) electrons. The quantitative estimate of drug-likeness (QED) is 0.616. The van der Waals surface area contributed by atoms with Crippen molar-refractivity contribution in [2.75, 3.05) is 45.9 Å². The van der Waals surface area contributed by atoms with Gasteiger partial charge in [0.15, 0.2) is 5.96 Å². The molecular weight excluding hydrogens is 252 g/mol. The van der Waals surface area contributed by atoms with E-state index in [2.05, 4.69) is 22.0 Å². The van der Waals surface area contributed by atoms with Crippen LogP contribution in [0.25, 0.3) is 0 Å². The molecular formula is C15H28N4O. The van der Waals surface area contributed by atoms with E-state index in [9.17, 15) is 0 Å². The van der Waals surface area contributed by atoms with Crippen molar-refractivity contribution in [2.24, 2.45) is 4.99 Å². The Labute approximate surface area is 122 Å². The molecule has 0 spiro atoms. The van der Waals surface area contributed by atoms with E-state index in [0.29, 0.717) is 6.04 Å². The monoisotopic (exact) mass is 280 g/mol. The zero-order chi connectivity index (χ0) is 13.8. The number of likely N-dealkylation sites (tertiary alicyclic amines) is 1. The van der Waals surface area contributed by atoms with Crippen LogP contribution in [0.15, 0.2) is 4.99 Å². The Morgan fingerprint density at radius 1 is 1.25 bits per heavy atom. The summed E-state index contributed by atoms with van der Waals surface area (Å²) >= 11 is 0. The molecule has 114 valence electrons. The predicted octanol–water partition coefficient (Wildman–Crippen LogP) is 0.911. The van der Waals surface area contributed by atoms with Crippen molar-refractivity contribution in [2.45, 2.75) is 44.8 Å². The van der Waals surface area contributed by atoms with Crippen LogP contribution in [0.5, 0.6) is 0 Å². The molecule has 0 bridgehead atoms. The second-order valence-corrected chi connectivity index (χ2v) is 6.14. The van der Waals surface area contributed by atoms with Crippen LogP contribution in [0, 0.1) is 0 Å². The zero-order valence-electron chi connectivity index (χ0n) is 12.7. The van der Waals surface area contributed by atoms with Crippen molar-refractivity contribution in [1.29, 1.82) is 0 Å². The van der Waals surface area contributed by atoms with Crippen molar-refractivity contribution in [3.8, 4) is 0 Å². The van der Waals surface area contributed by atoms with Crippen LogP contribution < -0.4 is 5.32 Å². The van der Waals surface area contributed by atoms with Crippen LogP contribution in [0.4, 0.5) is 0 Å². The third kappa shape index (κ3) is 3.26. The van der Waals surface area contributed by atoms with Crippen LogP contribution in [-0.2, 0) is 4.74 Å². The zero-order valence-corrected chi connectivity index (χ0v) is 12.7. The lowest BCUT2D eigenvalue weighted by Crippen LogP contribution is -2.47. The molecule has 3 heterocycles. The fraction of sp³-hybridized carbons (Fsp3) is 0.933. The van der Waals surface area contributed by atoms with Gasteiger partial charge in [0.1, 0.15) is 0 Å². The molecule has 0 aromatic carbocycles. The number of morpholine rings is 1. The Balaban J connectivity index is 1.53. The first kappa shape index (κ1) is 14.1. The van der Waals surface area contributed by atoms with E-state index >= 15 is 0 Å². The lowest BCUT2D eigenvalue weighted by atomic mass is 10.2. The summed E-state index contributed by atoms with van der Waals surface area (Å²) in [5.41, 5.74) is 0. The molecule has 3 aliphatic rings. The highest BCUT2D eigenvalue weighted by molar-refractivity contribution is 5.80. The minimum atomic E-state index is 0.278. The van der Waals surface area contributed by atoms with Crippen molar-refractivity contribution >= 4 is 5.96 Å². The minimum Gasteiger partial charge on any atom is -0.373 e. The van der Waals surface area contributed by atoms with Crippen molar-refractivity contribution in [3.63, 3.8) is 0 Å². The fourth-order valence-electron chi connectivity index (χ4n) is 3.54. The lowest BCUT2D eigenvalue weighted by molar-refractivity contribution is -0.0432. The maximum atomic E-state index is 5.99. The summed E-state index contributed by atoms with van der Waals surface area (Å²) in [5, 5.41) is 3.42. The van der Waals surface area contributed by atoms with Gasteiger partial charge >= 0.3 is 0 Å². The topological polar surface area (TPSA) is 40.1 Å². The standard InChI is InChI=1S/C15H28N4O/c1-2-16-15(18-7-3-4-8-18)17-10-14-11-19-9-5-6-13(19)12-20-14/h13-14H,2-12H2,1H3,(H,16,17). The van der Waals surface area contributed by atoms with E-state index in [1.165, 1.54) is 32.2 Å². The maximum Gasteiger partial charge on any atom is 0.194 e. The number of rotatable bonds is 3. The van der Waals surface area contributed by atoms with Gasteiger partial charge in [-0.2, -0.15) is 0 Å². The van der Waals surface area contributed by atoms with E-state index < -0.39 is 0 Å². The molecule has 2 unspecified atom stereocenters. The van der Waals surface area contributed by atoms with Gasteiger partial charge in [-0.25, -0.2) is 0 Å². The molecule has 0 amide bonds. The third-order valence-electron chi connectivity index (χ3n) is 4.65. The van der Waals surface area contributed by atoms with Crippen LogP contribution in [0.3, 0.4) is 0 Å². The highest BCUT2D eigenvalue weighted by Gasteiger charge is 2.32. The SMILES string of the molecule is CCNC(=NCC1CN2CCCC2CO1)N1CCCC1. The Hall–Kier alpha value is -0.810. The van der Waals surface area contributed by atoms with Crippen LogP contribution in [0.2, 0.25) is 0 Å². The first-order chi connectivity index (χ1) is 9.86. The smallest absolute Gasteiger partial charge is 0.194 e. The first-order valence-corrected chi connectivity index (χ1v) is 8.25. The predicted molar refractivity (Wildman–Crippen MR) is 81.1 cm³/mol. The number of hydrogen-bond donors (Lipinski definition) is 1. The van der Waals surface area contributed by atoms with Crippen LogP contribution in [0.1, 0.15) is 32.6 Å². The molecule has 0 aromatic heterocycles. The summed E-state index contributed by atoms with van der Waals surface area (Å²) < 4.78 is 5.99. The van der Waals surface area contributed by atoms with Crippen molar-refractivity contribution in [3.05, 3.63) is 0 Å². The Morgan fingerprint density at radius 3 is 2.90 bits per heavy atom. The van der Waals surface area contributed by atoms with E-state index in [1.807, 2.05) is 0 Å². The molecule has 0 aromatic rings. The summed E-state index contributed by atoms with van der Waals surface area (Å²) in [6.45, 7) is 9.38. The second kappa shape index (κ2) is 6.76. The van der Waals surface area contributed by atoms with Gasteiger partial charge in [-0.15, -0.1) is 0 Å². The summed E-state index contributed by atoms with van der Waals surface area (Å²) in [6.07, 6.45) is 5.51. The number of nitrogens with zero attached hydrogens (tertiary/aromatic N) is 3. The van der Waals surface area contributed by atoms with E-state index in [4.69, 9.17) is 9.73 Å². The maximum absolute atomic E-state index is 5.99. The third-order valence-corrected chi connectivity index (χ3v) is 4.65. The number of aliphatic imine (C=N–C) groups is 1. The number of hydrogen-bond acceptors (Lipinski definition) is 3. The fourth-order valence-corrected chi connectivity index (χ4v) is 3.54. The van der Waals surface area contributed by atoms with Crippen LogP contribution in [-0.4, -0.2) is 73.8 Å². The molecule has 20 heavy (non-hydrogen) atoms. The van der Waals surface area contributed by atoms with Gasteiger partial charge in [-0.05, 0) is 39.2 Å². The molecule has 3 saturated heterocycles. The first-order valence-electron chi connectivity index (χ1n) is 8.25. The molecule has 0 saturated carbocycles. The van der Waals surface area contributed by atoms with Gasteiger partial charge in [0.2, 0.25) is 0 Å². The van der Waals surface area contributed by atoms with E-state index in [1.54, 1.807) is 0 Å². The minimum absolute atomic E-state index is 0.278. The molecule has 5 nitrogen and oxygen atoms in total. The van der Waals surface area contributed by atoms with Gasteiger partial charge in [-0.3, -0.25) is 9.89 Å². The molecule has 0 aliphatic carbocycles. The summed E-state index contributed by atoms with van der Waals surface area (Å²) in [6, 6.07) is 0.682. The van der Waals surface area contributed by atoms with Gasteiger partial charge in [0, 0.05) is 32.2 Å². The lowest BCUT2D eigenvalue weighted by Gasteiger charge is -2.34. The Morgan fingerprint density at radius 2 is 2.10 bits per heavy atom.